The Bertz CT molecular complexity index is 2410. The third-order valence-corrected chi connectivity index (χ3v) is 17.2. The maximum Gasteiger partial charge on any atom is 0.245 e. The third-order valence-electron chi connectivity index (χ3n) is 17.2. The SMILES string of the molecule is CCCCCCCCCCCCCCCCC(=O)NCCCC[C@@H](NC(=O)[C@@H](NC(=O)[C@H](CCCN=C(N)N)NC(=O)[C@@H](CCCCN)NC(=O)[C@H](CC(C)C)NC(=O)[C@H](CC(C)C)NC(=O)CN)[C@@H](C)CC)C(=O)N[C@H](C(=O)N[C@@H](CC(C)C)C(=O)N[C@@H](CC(C)C)C(N)=O)[C@@H](C)O. The minimum atomic E-state index is -1.67. The summed E-state index contributed by atoms with van der Waals surface area (Å²) < 4.78 is 0. The Kier molecular flexibility index (Phi) is 50.5. The zero-order valence-corrected chi connectivity index (χ0v) is 62.6. The highest BCUT2D eigenvalue weighted by atomic mass is 16.3. The molecule has 0 aliphatic heterocycles. The fraction of sp³-hybridized carbons (Fsp3) is 0.831. The molecule has 572 valence electrons. The van der Waals surface area contributed by atoms with Crippen molar-refractivity contribution in [1.82, 2.24) is 53.2 Å². The predicted molar refractivity (Wildman–Crippen MR) is 389 cm³/mol. The second-order valence-electron chi connectivity index (χ2n) is 28.6. The number of nitrogens with one attached hydrogen (secondary N) is 10. The molecule has 0 spiro atoms. The first kappa shape index (κ1) is 92.3. The summed E-state index contributed by atoms with van der Waals surface area (Å²) in [4.78, 5) is 157. The number of carbonyl (C=O) groups is 11. The van der Waals surface area contributed by atoms with Crippen LogP contribution in [-0.2, 0) is 52.7 Å². The molecule has 11 atom stereocenters. The number of aliphatic hydroxyl groups excluding tert-OH is 1. The van der Waals surface area contributed by atoms with Crippen molar-refractivity contribution in [2.45, 2.75) is 323 Å². The largest absolute Gasteiger partial charge is 0.391 e. The van der Waals surface area contributed by atoms with Crippen LogP contribution in [0.4, 0.5) is 0 Å². The van der Waals surface area contributed by atoms with Crippen molar-refractivity contribution in [2.75, 3.05) is 26.2 Å². The molecule has 21 N–H and O–H groups in total. The van der Waals surface area contributed by atoms with E-state index in [4.69, 9.17) is 28.7 Å². The lowest BCUT2D eigenvalue weighted by atomic mass is 9.96. The Morgan fingerprint density at radius 3 is 1.14 bits per heavy atom. The van der Waals surface area contributed by atoms with Gasteiger partial charge < -0.3 is 86.9 Å². The zero-order valence-electron chi connectivity index (χ0n) is 62.6. The van der Waals surface area contributed by atoms with Crippen LogP contribution >= 0.6 is 0 Å². The number of hydrogen-bond acceptors (Lipinski definition) is 15. The molecule has 0 rings (SSSR count). The molecule has 28 heteroatoms. The Morgan fingerprint density at radius 1 is 0.374 bits per heavy atom. The van der Waals surface area contributed by atoms with Crippen molar-refractivity contribution in [3.63, 3.8) is 0 Å². The van der Waals surface area contributed by atoms with Crippen LogP contribution in [0.15, 0.2) is 4.99 Å². The van der Waals surface area contributed by atoms with Crippen LogP contribution in [0.5, 0.6) is 0 Å². The lowest BCUT2D eigenvalue weighted by molar-refractivity contribution is -0.137. The molecule has 0 aromatic heterocycles. The van der Waals surface area contributed by atoms with Gasteiger partial charge in [0.05, 0.1) is 12.6 Å². The minimum absolute atomic E-state index is 0.0213. The Hall–Kier alpha value is -6.68. The maximum atomic E-state index is 14.8. The maximum absolute atomic E-state index is 14.8. The van der Waals surface area contributed by atoms with Gasteiger partial charge in [-0.3, -0.25) is 57.7 Å². The summed E-state index contributed by atoms with van der Waals surface area (Å²) in [5, 5.41) is 38.4. The number of nitrogens with two attached hydrogens (primary N) is 5. The first-order valence-electron chi connectivity index (χ1n) is 37.2. The van der Waals surface area contributed by atoms with Crippen molar-refractivity contribution in [3.05, 3.63) is 0 Å². The molecule has 0 aromatic carbocycles. The van der Waals surface area contributed by atoms with E-state index in [1.807, 2.05) is 55.4 Å². The molecule has 0 heterocycles. The molecule has 0 saturated carbocycles. The third kappa shape index (κ3) is 43.6. The Balaban J connectivity index is 7.07. The summed E-state index contributed by atoms with van der Waals surface area (Å²) in [7, 11) is 0. The van der Waals surface area contributed by atoms with Crippen LogP contribution in [0.1, 0.15) is 263 Å². The van der Waals surface area contributed by atoms with Crippen molar-refractivity contribution < 1.29 is 57.8 Å². The van der Waals surface area contributed by atoms with Crippen molar-refractivity contribution in [2.24, 2.45) is 63.3 Å². The number of aliphatic hydroxyl groups is 1. The average Bonchev–Trinajstić information content (AvgIpc) is 0.964. The van der Waals surface area contributed by atoms with Gasteiger partial charge in [-0.05, 0) is 127 Å². The van der Waals surface area contributed by atoms with Gasteiger partial charge in [0.1, 0.15) is 54.4 Å². The zero-order chi connectivity index (χ0) is 75.0. The molecule has 0 radical (unpaired) electrons. The molecular weight excluding hydrogens is 1270 g/mol. The van der Waals surface area contributed by atoms with Gasteiger partial charge in [-0.25, -0.2) is 0 Å². The van der Waals surface area contributed by atoms with Gasteiger partial charge in [-0.1, -0.05) is 166 Å². The molecular formula is C71H136N16O12. The monoisotopic (exact) mass is 1410 g/mol. The van der Waals surface area contributed by atoms with E-state index in [2.05, 4.69) is 65.1 Å². The van der Waals surface area contributed by atoms with Crippen molar-refractivity contribution in [1.29, 1.82) is 0 Å². The van der Waals surface area contributed by atoms with Gasteiger partial charge in [0.15, 0.2) is 5.96 Å². The number of hydrogen-bond donors (Lipinski definition) is 16. The quantitative estimate of drug-likeness (QED) is 0.0234. The lowest BCUT2D eigenvalue weighted by Crippen LogP contribution is -2.62. The molecule has 11 amide bonds. The van der Waals surface area contributed by atoms with Gasteiger partial charge >= 0.3 is 0 Å². The average molecular weight is 1410 g/mol. The molecule has 99 heavy (non-hydrogen) atoms. The number of primary amides is 1. The number of carbonyl (C=O) groups excluding carboxylic acids is 11. The molecule has 0 aliphatic rings. The second kappa shape index (κ2) is 54.1. The molecule has 0 unspecified atom stereocenters. The van der Waals surface area contributed by atoms with E-state index in [9.17, 15) is 57.8 Å². The van der Waals surface area contributed by atoms with Crippen molar-refractivity contribution >= 4 is 70.9 Å². The summed E-state index contributed by atoms with van der Waals surface area (Å²) in [6.45, 7) is 22.0. The first-order valence-corrected chi connectivity index (χ1v) is 37.2. The van der Waals surface area contributed by atoms with Crippen LogP contribution < -0.4 is 81.8 Å². The summed E-state index contributed by atoms with van der Waals surface area (Å²) in [5.74, 6) is -8.84. The van der Waals surface area contributed by atoms with Crippen LogP contribution in [0.2, 0.25) is 0 Å². The van der Waals surface area contributed by atoms with Gasteiger partial charge in [0.25, 0.3) is 0 Å². The number of nitrogens with zero attached hydrogens (tertiary/aromatic N) is 1. The number of aliphatic imine (C=N–C) groups is 1. The van der Waals surface area contributed by atoms with Crippen LogP contribution in [0.3, 0.4) is 0 Å². The van der Waals surface area contributed by atoms with E-state index >= 15 is 0 Å². The Morgan fingerprint density at radius 2 is 0.727 bits per heavy atom. The van der Waals surface area contributed by atoms with E-state index in [1.54, 1.807) is 13.8 Å². The number of rotatable bonds is 58. The molecule has 0 aromatic rings. The van der Waals surface area contributed by atoms with E-state index in [1.165, 1.54) is 71.1 Å². The van der Waals surface area contributed by atoms with Gasteiger partial charge in [0, 0.05) is 19.5 Å². The summed E-state index contributed by atoms with van der Waals surface area (Å²) in [6.07, 6.45) is 18.1. The molecule has 0 saturated heterocycles. The van der Waals surface area contributed by atoms with E-state index < -0.39 is 125 Å². The lowest BCUT2D eigenvalue weighted by Gasteiger charge is -2.30. The fourth-order valence-corrected chi connectivity index (χ4v) is 11.4. The minimum Gasteiger partial charge on any atom is -0.391 e. The highest BCUT2D eigenvalue weighted by Gasteiger charge is 2.38. The summed E-state index contributed by atoms with van der Waals surface area (Å²) in [5.41, 5.74) is 28.3. The standard InChI is InChI=1S/C71H136N16O12/c1-13-15-16-17-18-19-20-21-22-23-24-25-26-27-36-58(89)77-38-31-29-34-52(65(94)87-61(50(12)88)70(99)85-57(43-48(9)10)68(97)83-54(62(74)91)40-45(3)4)82-69(98)60(49(11)14-2)86-64(93)53(35-32-39-78-71(75)76)80-63(92)51(33-28-30-37-72)81-67(96)56(42-47(7)8)84-66(95)55(41-46(5)6)79-59(90)44-73/h45-57,60-61,88H,13-44,72-73H2,1-12H3,(H2,74,91)(H,77,89)(H,79,90)(H,80,92)(H,81,96)(H,82,98)(H,83,97)(H,84,95)(H,85,99)(H,86,93)(H,87,94)(H4,75,76,78)/t49-,50+,51+,52+,53-,54-,55-,56-,57-,60-,61-/m0/s1. The van der Waals surface area contributed by atoms with Crippen LogP contribution in [-0.4, -0.2) is 163 Å². The molecule has 0 fully saturated rings. The fourth-order valence-electron chi connectivity index (χ4n) is 11.4. The first-order chi connectivity index (χ1) is 46.8. The molecule has 28 nitrogen and oxygen atoms in total. The number of amides is 11. The molecule has 0 aliphatic carbocycles. The highest BCUT2D eigenvalue weighted by molar-refractivity contribution is 5.98. The summed E-state index contributed by atoms with van der Waals surface area (Å²) >= 11 is 0. The van der Waals surface area contributed by atoms with Gasteiger partial charge in [-0.15, -0.1) is 0 Å². The number of unbranched alkanes of at least 4 members (excludes halogenated alkanes) is 15. The van der Waals surface area contributed by atoms with Crippen molar-refractivity contribution in [3.8, 4) is 0 Å². The van der Waals surface area contributed by atoms with Gasteiger partial charge in [0.2, 0.25) is 65.0 Å². The predicted octanol–water partition coefficient (Wildman–Crippen LogP) is 3.75. The van der Waals surface area contributed by atoms with E-state index in [0.717, 1.165) is 25.7 Å². The van der Waals surface area contributed by atoms with E-state index in [0.29, 0.717) is 32.1 Å². The highest BCUT2D eigenvalue weighted by Crippen LogP contribution is 2.18. The van der Waals surface area contributed by atoms with Crippen LogP contribution in [0, 0.1) is 29.6 Å². The van der Waals surface area contributed by atoms with Gasteiger partial charge in [-0.2, -0.15) is 0 Å². The summed E-state index contributed by atoms with van der Waals surface area (Å²) in [6, 6.07) is -11.5. The smallest absolute Gasteiger partial charge is 0.245 e. The normalized spacial score (nSPS) is 14.8. The Labute approximate surface area is 592 Å². The van der Waals surface area contributed by atoms with E-state index in [-0.39, 0.29) is 120 Å². The van der Waals surface area contributed by atoms with Crippen LogP contribution in [0.25, 0.3) is 0 Å². The molecule has 0 bridgehead atoms. The second-order valence-corrected chi connectivity index (χ2v) is 28.6. The topological polar surface area (TPSA) is 471 Å². The number of guanidine groups is 1.